The molecule has 1 saturated heterocycles. The molecule has 1 spiro atoms. The van der Waals surface area contributed by atoms with Gasteiger partial charge in [0.2, 0.25) is 5.91 Å². The predicted molar refractivity (Wildman–Crippen MR) is 91.9 cm³/mol. The Balaban J connectivity index is 0.00000192. The molecule has 1 fully saturated rings. The third kappa shape index (κ3) is 3.08. The summed E-state index contributed by atoms with van der Waals surface area (Å²) in [4.78, 5) is 29.0. The topological polar surface area (TPSA) is 52.7 Å². The van der Waals surface area contributed by atoms with Crippen LogP contribution in [0.25, 0.3) is 0 Å². The number of hydrogen-bond donors (Lipinski definition) is 1. The van der Waals surface area contributed by atoms with Crippen molar-refractivity contribution >= 4 is 24.2 Å². The average Bonchev–Trinajstić information content (AvgIpc) is 2.73. The molecular weight excluding hydrogens is 314 g/mol. The number of rotatable bonds is 1. The third-order valence-corrected chi connectivity index (χ3v) is 4.92. The summed E-state index contributed by atoms with van der Waals surface area (Å²) in [6.07, 6.45) is 1.62. The van der Waals surface area contributed by atoms with Crippen LogP contribution in [0, 0.1) is 5.92 Å². The van der Waals surface area contributed by atoms with Crippen LogP contribution in [0.1, 0.15) is 22.3 Å². The van der Waals surface area contributed by atoms with Crippen LogP contribution in [-0.4, -0.2) is 61.4 Å². The summed E-state index contributed by atoms with van der Waals surface area (Å²) in [7, 11) is 5.57. The highest BCUT2D eigenvalue weighted by molar-refractivity contribution is 5.97. The molecule has 5 nitrogen and oxygen atoms in total. The summed E-state index contributed by atoms with van der Waals surface area (Å²) in [5.41, 5.74) is 1.35. The molecule has 1 N–H and O–H groups in total. The maximum atomic E-state index is 12.7. The van der Waals surface area contributed by atoms with Crippen LogP contribution in [0.4, 0.5) is 0 Å². The van der Waals surface area contributed by atoms with Gasteiger partial charge < -0.3 is 15.1 Å². The van der Waals surface area contributed by atoms with Crippen molar-refractivity contribution in [1.29, 1.82) is 0 Å². The largest absolute Gasteiger partial charge is 0.348 e. The normalized spacial score (nSPS) is 26.9. The lowest BCUT2D eigenvalue weighted by atomic mass is 9.82. The molecule has 2 aliphatic rings. The van der Waals surface area contributed by atoms with Gasteiger partial charge in [0.25, 0.3) is 5.91 Å². The van der Waals surface area contributed by atoms with Crippen LogP contribution in [-0.2, 0) is 11.2 Å². The van der Waals surface area contributed by atoms with Gasteiger partial charge in [0, 0.05) is 32.7 Å². The van der Waals surface area contributed by atoms with E-state index in [1.165, 1.54) is 0 Å². The highest BCUT2D eigenvalue weighted by Gasteiger charge is 2.51. The first-order chi connectivity index (χ1) is 10.4. The average molecular weight is 338 g/mol. The number of hydrogen-bond acceptors (Lipinski definition) is 3. The minimum absolute atomic E-state index is 0. The first-order valence-corrected chi connectivity index (χ1v) is 7.73. The smallest absolute Gasteiger partial charge is 0.252 e. The number of nitrogens with zero attached hydrogens (tertiary/aromatic N) is 2. The minimum atomic E-state index is -0.466. The molecule has 126 valence electrons. The van der Waals surface area contributed by atoms with Crippen LogP contribution in [0.15, 0.2) is 24.3 Å². The number of fused-ring (bicyclic) bond motifs is 1. The van der Waals surface area contributed by atoms with E-state index in [9.17, 15) is 9.59 Å². The second kappa shape index (κ2) is 6.49. The van der Waals surface area contributed by atoms with E-state index >= 15 is 0 Å². The first-order valence-electron chi connectivity index (χ1n) is 7.73. The predicted octanol–water partition coefficient (Wildman–Crippen LogP) is 1.17. The number of halogens is 1. The van der Waals surface area contributed by atoms with Crippen LogP contribution < -0.4 is 5.32 Å². The number of carbonyl (C=O) groups excluding carboxylic acids is 2. The quantitative estimate of drug-likeness (QED) is 0.837. The highest BCUT2D eigenvalue weighted by Crippen LogP contribution is 2.35. The van der Waals surface area contributed by atoms with Crippen molar-refractivity contribution in [3.8, 4) is 0 Å². The molecule has 3 rings (SSSR count). The zero-order valence-electron chi connectivity index (χ0n) is 13.8. The molecule has 0 aromatic heterocycles. The van der Waals surface area contributed by atoms with Crippen molar-refractivity contribution in [2.24, 2.45) is 5.92 Å². The van der Waals surface area contributed by atoms with E-state index in [4.69, 9.17) is 0 Å². The molecule has 2 amide bonds. The number of nitrogens with one attached hydrogen (secondary N) is 1. The molecule has 0 aliphatic carbocycles. The lowest BCUT2D eigenvalue weighted by molar-refractivity contribution is -0.134. The third-order valence-electron chi connectivity index (χ3n) is 4.92. The van der Waals surface area contributed by atoms with Gasteiger partial charge in [0.15, 0.2) is 0 Å². The lowest BCUT2D eigenvalue weighted by Gasteiger charge is -2.35. The monoisotopic (exact) mass is 337 g/mol. The fraction of sp³-hybridized carbons (Fsp3) is 0.529. The van der Waals surface area contributed by atoms with Crippen LogP contribution >= 0.6 is 12.4 Å². The Morgan fingerprint density at radius 1 is 1.35 bits per heavy atom. The van der Waals surface area contributed by atoms with E-state index in [1.54, 1.807) is 19.0 Å². The Kier molecular flexibility index (Phi) is 5.01. The molecule has 23 heavy (non-hydrogen) atoms. The maximum absolute atomic E-state index is 12.7. The standard InChI is InChI=1S/C17H23N3O2.ClH/c1-19(2)16(22)14-10-20(3)11-17(14)9-8-12-6-4-5-7-13(12)15(21)18-17;/h4-7,14H,8-11H2,1-3H3,(H,18,21);1H/t14-,17+;/m0./s1. The summed E-state index contributed by atoms with van der Waals surface area (Å²) in [5.74, 6) is -0.152. The second-order valence-electron chi connectivity index (χ2n) is 6.75. The molecular formula is C17H24ClN3O2. The molecule has 1 aromatic rings. The number of likely N-dealkylation sites (N-methyl/N-ethyl adjacent to an activating group) is 1. The number of amides is 2. The Hall–Kier alpha value is -1.59. The molecule has 0 saturated carbocycles. The van der Waals surface area contributed by atoms with E-state index in [0.717, 1.165) is 30.5 Å². The fourth-order valence-electron chi connectivity index (χ4n) is 3.82. The van der Waals surface area contributed by atoms with Crippen molar-refractivity contribution < 1.29 is 9.59 Å². The zero-order chi connectivity index (χ0) is 15.9. The van der Waals surface area contributed by atoms with Gasteiger partial charge in [-0.25, -0.2) is 0 Å². The van der Waals surface area contributed by atoms with Gasteiger partial charge in [-0.1, -0.05) is 18.2 Å². The van der Waals surface area contributed by atoms with Crippen molar-refractivity contribution in [3.63, 3.8) is 0 Å². The SMILES string of the molecule is CN1C[C@@H](C(=O)N(C)C)[C@@]2(CCc3ccccc3C(=O)N2)C1.Cl. The summed E-state index contributed by atoms with van der Waals surface area (Å²) < 4.78 is 0. The summed E-state index contributed by atoms with van der Waals surface area (Å²) >= 11 is 0. The minimum Gasteiger partial charge on any atom is -0.348 e. The van der Waals surface area contributed by atoms with E-state index in [2.05, 4.69) is 10.2 Å². The van der Waals surface area contributed by atoms with Crippen molar-refractivity contribution in [2.45, 2.75) is 18.4 Å². The van der Waals surface area contributed by atoms with Gasteiger partial charge in [-0.3, -0.25) is 9.59 Å². The maximum Gasteiger partial charge on any atom is 0.252 e. The number of carbonyl (C=O) groups is 2. The molecule has 0 radical (unpaired) electrons. The Bertz CT molecular complexity index is 620. The Morgan fingerprint density at radius 3 is 2.74 bits per heavy atom. The van der Waals surface area contributed by atoms with Crippen LogP contribution in [0.2, 0.25) is 0 Å². The van der Waals surface area contributed by atoms with Crippen molar-refractivity contribution in [3.05, 3.63) is 35.4 Å². The number of likely N-dealkylation sites (tertiary alicyclic amines) is 1. The number of benzene rings is 1. The van der Waals surface area contributed by atoms with Crippen LogP contribution in [0.3, 0.4) is 0 Å². The fourth-order valence-corrected chi connectivity index (χ4v) is 3.82. The summed E-state index contributed by atoms with van der Waals surface area (Å²) in [6.45, 7) is 1.41. The highest BCUT2D eigenvalue weighted by atomic mass is 35.5. The van der Waals surface area contributed by atoms with E-state index in [1.807, 2.05) is 31.3 Å². The second-order valence-corrected chi connectivity index (χ2v) is 6.75. The molecule has 0 bridgehead atoms. The zero-order valence-corrected chi connectivity index (χ0v) is 14.7. The van der Waals surface area contributed by atoms with E-state index < -0.39 is 5.54 Å². The number of aryl methyl sites for hydroxylation is 1. The molecule has 1 aromatic carbocycles. The Labute approximate surface area is 143 Å². The molecule has 6 heteroatoms. The summed E-state index contributed by atoms with van der Waals surface area (Å²) in [5, 5.41) is 3.20. The lowest BCUT2D eigenvalue weighted by Crippen LogP contribution is -2.57. The Morgan fingerprint density at radius 2 is 2.04 bits per heavy atom. The van der Waals surface area contributed by atoms with Crippen molar-refractivity contribution in [1.82, 2.24) is 15.1 Å². The van der Waals surface area contributed by atoms with E-state index in [-0.39, 0.29) is 30.1 Å². The van der Waals surface area contributed by atoms with Gasteiger partial charge in [0.05, 0.1) is 11.5 Å². The summed E-state index contributed by atoms with van der Waals surface area (Å²) in [6, 6.07) is 7.73. The van der Waals surface area contributed by atoms with Gasteiger partial charge >= 0.3 is 0 Å². The van der Waals surface area contributed by atoms with Crippen molar-refractivity contribution in [2.75, 3.05) is 34.2 Å². The first kappa shape index (κ1) is 17.8. The van der Waals surface area contributed by atoms with Crippen LogP contribution in [0.5, 0.6) is 0 Å². The molecule has 2 aliphatic heterocycles. The van der Waals surface area contributed by atoms with E-state index in [0.29, 0.717) is 6.54 Å². The molecule has 2 atom stereocenters. The van der Waals surface area contributed by atoms with Gasteiger partial charge in [-0.05, 0) is 31.5 Å². The molecule has 0 unspecified atom stereocenters. The molecule has 2 heterocycles. The van der Waals surface area contributed by atoms with Gasteiger partial charge in [-0.2, -0.15) is 0 Å². The van der Waals surface area contributed by atoms with Gasteiger partial charge in [-0.15, -0.1) is 12.4 Å². The van der Waals surface area contributed by atoms with Gasteiger partial charge in [0.1, 0.15) is 0 Å².